The average Bonchev–Trinajstić information content (AvgIpc) is 2.95. The van der Waals surface area contributed by atoms with Gasteiger partial charge in [0, 0.05) is 25.1 Å². The lowest BCUT2D eigenvalue weighted by Gasteiger charge is -2.26. The number of Topliss-reactive ketones (excluding diaryl/α,β-unsaturated/α-hetero) is 1. The Morgan fingerprint density at radius 1 is 0.956 bits per heavy atom. The van der Waals surface area contributed by atoms with Crippen molar-refractivity contribution in [2.75, 3.05) is 27.2 Å². The van der Waals surface area contributed by atoms with Crippen LogP contribution in [0.4, 0.5) is 8.78 Å². The fraction of sp³-hybridized carbons (Fsp3) is 0.486. The summed E-state index contributed by atoms with van der Waals surface area (Å²) in [6.07, 6.45) is 1.94. The maximum absolute atomic E-state index is 16.0. The van der Waals surface area contributed by atoms with Crippen molar-refractivity contribution in [2.45, 2.75) is 86.1 Å². The van der Waals surface area contributed by atoms with Crippen LogP contribution in [0.15, 0.2) is 41.3 Å². The zero-order chi connectivity index (χ0) is 33.6. The number of ketones is 1. The third-order valence-corrected chi connectivity index (χ3v) is 8.42. The fourth-order valence-corrected chi connectivity index (χ4v) is 6.01. The molecule has 0 bridgehead atoms. The first-order valence-corrected chi connectivity index (χ1v) is 15.8. The highest BCUT2D eigenvalue weighted by Gasteiger charge is 2.31. The third-order valence-electron chi connectivity index (χ3n) is 8.42. The molecule has 45 heavy (non-hydrogen) atoms. The van der Waals surface area contributed by atoms with Gasteiger partial charge in [0.15, 0.2) is 11.6 Å². The summed E-state index contributed by atoms with van der Waals surface area (Å²) < 4.78 is 37.7. The van der Waals surface area contributed by atoms with Crippen molar-refractivity contribution < 1.29 is 23.1 Å². The van der Waals surface area contributed by atoms with Gasteiger partial charge in [-0.05, 0) is 124 Å². The van der Waals surface area contributed by atoms with E-state index in [0.717, 1.165) is 22.3 Å². The molecule has 8 heteroatoms. The molecular formula is C37H48F2N2O4. The van der Waals surface area contributed by atoms with Gasteiger partial charge in [0.2, 0.25) is 0 Å². The minimum atomic E-state index is -0.985. The number of aromatic nitrogens is 1. The van der Waals surface area contributed by atoms with E-state index in [4.69, 9.17) is 4.74 Å². The van der Waals surface area contributed by atoms with Crippen molar-refractivity contribution >= 4 is 11.8 Å². The van der Waals surface area contributed by atoms with Crippen molar-refractivity contribution in [1.82, 2.24) is 9.47 Å². The van der Waals surface area contributed by atoms with Gasteiger partial charge in [-0.25, -0.2) is 8.78 Å². The molecule has 0 spiro atoms. The standard InChI is InChI=1S/C37H48F2N2O4/c1-10-45-33(43)20-28(30-18-29(17-25(6)35(30)38)34-23(4)12-11-13-24(34)5)19-32(42)31(16-22(2)3)41-21-27(14-15-40(8)9)26(7)36(39)37(41)44/h11-13,17-18,21-22,28,31H,10,14-16,19-20H2,1-9H3/t28-,31-/m0/s1. The number of halogens is 2. The van der Waals surface area contributed by atoms with Gasteiger partial charge in [0.25, 0.3) is 5.56 Å². The molecule has 0 radical (unpaired) electrons. The summed E-state index contributed by atoms with van der Waals surface area (Å²) in [6, 6.07) is 8.46. The van der Waals surface area contributed by atoms with Crippen LogP contribution in [0.1, 0.15) is 85.4 Å². The smallest absolute Gasteiger partial charge is 0.306 e. The summed E-state index contributed by atoms with van der Waals surface area (Å²) >= 11 is 0. The van der Waals surface area contributed by atoms with Crippen LogP contribution in [0.2, 0.25) is 0 Å². The van der Waals surface area contributed by atoms with Crippen LogP contribution in [0, 0.1) is 45.2 Å². The van der Waals surface area contributed by atoms with E-state index in [1.807, 2.05) is 64.9 Å². The molecule has 2 atom stereocenters. The summed E-state index contributed by atoms with van der Waals surface area (Å²) in [4.78, 5) is 42.3. The summed E-state index contributed by atoms with van der Waals surface area (Å²) in [7, 11) is 3.82. The molecule has 0 aliphatic heterocycles. The minimum Gasteiger partial charge on any atom is -0.466 e. The van der Waals surface area contributed by atoms with Crippen LogP contribution in [0.25, 0.3) is 11.1 Å². The van der Waals surface area contributed by atoms with Crippen molar-refractivity contribution in [3.63, 3.8) is 0 Å². The van der Waals surface area contributed by atoms with Crippen molar-refractivity contribution in [2.24, 2.45) is 5.92 Å². The van der Waals surface area contributed by atoms with E-state index in [0.29, 0.717) is 24.1 Å². The minimum absolute atomic E-state index is 0.00437. The van der Waals surface area contributed by atoms with Gasteiger partial charge in [-0.15, -0.1) is 0 Å². The molecule has 0 amide bonds. The molecule has 2 aromatic carbocycles. The van der Waals surface area contributed by atoms with Gasteiger partial charge in [0.1, 0.15) is 5.82 Å². The van der Waals surface area contributed by atoms with E-state index < -0.39 is 35.1 Å². The molecule has 1 heterocycles. The zero-order valence-corrected chi connectivity index (χ0v) is 28.2. The molecule has 0 saturated carbocycles. The molecule has 0 unspecified atom stereocenters. The van der Waals surface area contributed by atoms with Crippen LogP contribution in [-0.2, 0) is 20.7 Å². The number of rotatable bonds is 14. The first kappa shape index (κ1) is 35.8. The Kier molecular flexibility index (Phi) is 12.4. The lowest BCUT2D eigenvalue weighted by atomic mass is 9.84. The Morgan fingerprint density at radius 3 is 2.18 bits per heavy atom. The first-order chi connectivity index (χ1) is 21.2. The Balaban J connectivity index is 2.15. The molecule has 0 aliphatic rings. The molecule has 3 rings (SSSR count). The van der Waals surface area contributed by atoms with Crippen molar-refractivity contribution in [3.8, 4) is 11.1 Å². The van der Waals surface area contributed by atoms with Gasteiger partial charge in [-0.2, -0.15) is 0 Å². The largest absolute Gasteiger partial charge is 0.466 e. The number of carbonyl (C=O) groups is 2. The van der Waals surface area contributed by atoms with E-state index >= 15 is 8.78 Å². The monoisotopic (exact) mass is 622 g/mol. The predicted molar refractivity (Wildman–Crippen MR) is 176 cm³/mol. The van der Waals surface area contributed by atoms with E-state index in [9.17, 15) is 14.4 Å². The molecule has 0 aliphatic carbocycles. The number of hydrogen-bond donors (Lipinski definition) is 0. The second-order valence-electron chi connectivity index (χ2n) is 12.8. The van der Waals surface area contributed by atoms with Crippen LogP contribution in [0.3, 0.4) is 0 Å². The SMILES string of the molecule is CCOC(=O)C[C@H](CC(=O)[C@H](CC(C)C)n1cc(CCN(C)C)c(C)c(F)c1=O)c1cc(-c2c(C)cccc2C)cc(C)c1F. The average molecular weight is 623 g/mol. The number of esters is 1. The molecular weight excluding hydrogens is 574 g/mol. The van der Waals surface area contributed by atoms with E-state index in [1.54, 1.807) is 39.1 Å². The third kappa shape index (κ3) is 8.75. The summed E-state index contributed by atoms with van der Waals surface area (Å²) in [5.74, 6) is -3.13. The molecule has 0 fully saturated rings. The first-order valence-electron chi connectivity index (χ1n) is 15.8. The molecule has 0 N–H and O–H groups in total. The van der Waals surface area contributed by atoms with Gasteiger partial charge in [-0.1, -0.05) is 32.0 Å². The molecule has 244 valence electrons. The van der Waals surface area contributed by atoms with Gasteiger partial charge < -0.3 is 14.2 Å². The second kappa shape index (κ2) is 15.6. The summed E-state index contributed by atoms with van der Waals surface area (Å²) in [5, 5.41) is 0. The van der Waals surface area contributed by atoms with E-state index in [1.165, 1.54) is 4.57 Å². The summed E-state index contributed by atoms with van der Waals surface area (Å²) in [6.45, 7) is 13.6. The highest BCUT2D eigenvalue weighted by molar-refractivity contribution is 5.84. The molecule has 6 nitrogen and oxygen atoms in total. The molecule has 0 saturated heterocycles. The number of carbonyl (C=O) groups excluding carboxylic acids is 2. The predicted octanol–water partition coefficient (Wildman–Crippen LogP) is 7.41. The number of ether oxygens (including phenoxy) is 1. The number of aryl methyl sites for hydroxylation is 3. The van der Waals surface area contributed by atoms with Crippen LogP contribution in [0.5, 0.6) is 0 Å². The van der Waals surface area contributed by atoms with Crippen LogP contribution >= 0.6 is 0 Å². The number of benzene rings is 2. The Labute approximate surface area is 266 Å². The Bertz CT molecular complexity index is 1570. The van der Waals surface area contributed by atoms with Gasteiger partial charge in [0.05, 0.1) is 19.1 Å². The van der Waals surface area contributed by atoms with Gasteiger partial charge >= 0.3 is 5.97 Å². The van der Waals surface area contributed by atoms with Crippen molar-refractivity contribution in [3.05, 3.63) is 91.9 Å². The lowest BCUT2D eigenvalue weighted by molar-refractivity contribution is -0.143. The maximum Gasteiger partial charge on any atom is 0.306 e. The van der Waals surface area contributed by atoms with Crippen molar-refractivity contribution in [1.29, 1.82) is 0 Å². The fourth-order valence-electron chi connectivity index (χ4n) is 6.01. The Hall–Kier alpha value is -3.65. The molecule has 1 aromatic heterocycles. The van der Waals surface area contributed by atoms with Crippen LogP contribution in [-0.4, -0.2) is 48.5 Å². The summed E-state index contributed by atoms with van der Waals surface area (Å²) in [5.41, 5.74) is 4.50. The zero-order valence-electron chi connectivity index (χ0n) is 28.2. The number of hydrogen-bond acceptors (Lipinski definition) is 5. The topological polar surface area (TPSA) is 68.6 Å². The maximum atomic E-state index is 16.0. The van der Waals surface area contributed by atoms with E-state index in [-0.39, 0.29) is 48.7 Å². The highest BCUT2D eigenvalue weighted by atomic mass is 19.1. The second-order valence-corrected chi connectivity index (χ2v) is 12.8. The molecule has 3 aromatic rings. The quantitative estimate of drug-likeness (QED) is 0.175. The van der Waals surface area contributed by atoms with Crippen LogP contribution < -0.4 is 5.56 Å². The van der Waals surface area contributed by atoms with Gasteiger partial charge in [-0.3, -0.25) is 14.4 Å². The lowest BCUT2D eigenvalue weighted by Crippen LogP contribution is -2.34. The number of nitrogens with zero attached hydrogens (tertiary/aromatic N) is 2. The number of likely N-dealkylation sites (N-methyl/N-ethyl adjacent to an activating group) is 1. The number of pyridine rings is 1. The highest BCUT2D eigenvalue weighted by Crippen LogP contribution is 2.36. The Morgan fingerprint density at radius 2 is 1.60 bits per heavy atom. The van der Waals surface area contributed by atoms with E-state index in [2.05, 4.69) is 0 Å². The normalized spacial score (nSPS) is 12.9.